The summed E-state index contributed by atoms with van der Waals surface area (Å²) in [6.45, 7) is 8.58. The molecule has 0 saturated heterocycles. The lowest BCUT2D eigenvalue weighted by atomic mass is 9.65. The van der Waals surface area contributed by atoms with E-state index in [4.69, 9.17) is 5.11 Å². The SMILES string of the molecule is C/C=C(\C)C1(c2c(F)cccc2F)CCCCC1.C=C(C)O. The zero-order valence-corrected chi connectivity index (χ0v) is 13.8. The van der Waals surface area contributed by atoms with E-state index in [1.807, 2.05) is 19.9 Å². The van der Waals surface area contributed by atoms with Gasteiger partial charge in [-0.25, -0.2) is 8.78 Å². The number of aliphatic hydroxyl groups is 1. The molecule has 0 unspecified atom stereocenters. The highest BCUT2D eigenvalue weighted by atomic mass is 19.1. The van der Waals surface area contributed by atoms with Gasteiger partial charge in [-0.05, 0) is 45.7 Å². The summed E-state index contributed by atoms with van der Waals surface area (Å²) in [5.41, 5.74) is 0.939. The van der Waals surface area contributed by atoms with Gasteiger partial charge in [-0.15, -0.1) is 0 Å². The smallest absolute Gasteiger partial charge is 0.130 e. The van der Waals surface area contributed by atoms with Crippen molar-refractivity contribution in [3.63, 3.8) is 0 Å². The molecule has 122 valence electrons. The van der Waals surface area contributed by atoms with E-state index in [1.165, 1.54) is 25.1 Å². The van der Waals surface area contributed by atoms with Gasteiger partial charge < -0.3 is 5.11 Å². The fourth-order valence-electron chi connectivity index (χ4n) is 3.23. The van der Waals surface area contributed by atoms with Crippen LogP contribution < -0.4 is 0 Å². The number of allylic oxidation sites excluding steroid dienone is 3. The van der Waals surface area contributed by atoms with E-state index in [0.29, 0.717) is 0 Å². The fraction of sp³-hybridized carbons (Fsp3) is 0.474. The van der Waals surface area contributed by atoms with Crippen LogP contribution in [0.4, 0.5) is 8.78 Å². The van der Waals surface area contributed by atoms with Crippen LogP contribution in [0.15, 0.2) is 42.2 Å². The van der Waals surface area contributed by atoms with Gasteiger partial charge in [-0.1, -0.05) is 43.6 Å². The van der Waals surface area contributed by atoms with E-state index in [9.17, 15) is 8.78 Å². The first-order valence-corrected chi connectivity index (χ1v) is 7.77. The molecule has 0 atom stereocenters. The summed E-state index contributed by atoms with van der Waals surface area (Å²) in [7, 11) is 0. The Balaban J connectivity index is 0.000000541. The molecule has 0 amide bonds. The zero-order valence-electron chi connectivity index (χ0n) is 13.8. The maximum absolute atomic E-state index is 14.1. The number of aliphatic hydroxyl groups excluding tert-OH is 1. The summed E-state index contributed by atoms with van der Waals surface area (Å²) in [4.78, 5) is 0. The second kappa shape index (κ2) is 8.11. The second-order valence-corrected chi connectivity index (χ2v) is 5.95. The van der Waals surface area contributed by atoms with Crippen molar-refractivity contribution in [2.75, 3.05) is 0 Å². The summed E-state index contributed by atoms with van der Waals surface area (Å²) in [5, 5.41) is 7.86. The van der Waals surface area contributed by atoms with Crippen molar-refractivity contribution >= 4 is 0 Å². The highest BCUT2D eigenvalue weighted by Crippen LogP contribution is 2.46. The predicted octanol–water partition coefficient (Wildman–Crippen LogP) is 6.21. The molecule has 1 nitrogen and oxygen atoms in total. The third kappa shape index (κ3) is 4.19. The standard InChI is InChI=1S/C16H20F2.C3H6O/c1-3-12(2)16(10-5-4-6-11-16)15-13(17)8-7-9-14(15)18;1-3(2)4/h3,7-9H,4-6,10-11H2,1-2H3;4H,1H2,2H3/b12-3+;. The van der Waals surface area contributed by atoms with E-state index in [0.717, 1.165) is 37.7 Å². The molecule has 1 N–H and O–H groups in total. The number of hydrogen-bond acceptors (Lipinski definition) is 1. The lowest BCUT2D eigenvalue weighted by Gasteiger charge is -2.39. The van der Waals surface area contributed by atoms with Crippen molar-refractivity contribution in [3.8, 4) is 0 Å². The fourth-order valence-corrected chi connectivity index (χ4v) is 3.23. The molecule has 3 heteroatoms. The molecule has 0 bridgehead atoms. The van der Waals surface area contributed by atoms with E-state index < -0.39 is 17.0 Å². The summed E-state index contributed by atoms with van der Waals surface area (Å²) >= 11 is 0. The first-order chi connectivity index (χ1) is 10.3. The molecule has 1 aromatic rings. The van der Waals surface area contributed by atoms with Crippen molar-refractivity contribution in [2.24, 2.45) is 0 Å². The van der Waals surface area contributed by atoms with Crippen LogP contribution in [-0.4, -0.2) is 5.11 Å². The number of halogens is 2. The van der Waals surface area contributed by atoms with Crippen LogP contribution >= 0.6 is 0 Å². The zero-order chi connectivity index (χ0) is 16.8. The van der Waals surface area contributed by atoms with Crippen molar-refractivity contribution in [2.45, 2.75) is 58.3 Å². The molecular weight excluding hydrogens is 282 g/mol. The van der Waals surface area contributed by atoms with Gasteiger partial charge in [0.2, 0.25) is 0 Å². The highest BCUT2D eigenvalue weighted by molar-refractivity contribution is 5.38. The average molecular weight is 308 g/mol. The van der Waals surface area contributed by atoms with Gasteiger partial charge in [0.05, 0.1) is 5.76 Å². The minimum Gasteiger partial charge on any atom is -0.513 e. The van der Waals surface area contributed by atoms with E-state index in [2.05, 4.69) is 6.58 Å². The average Bonchev–Trinajstić information content (AvgIpc) is 2.46. The van der Waals surface area contributed by atoms with Gasteiger partial charge in [0, 0.05) is 11.0 Å². The van der Waals surface area contributed by atoms with Gasteiger partial charge in [0.25, 0.3) is 0 Å². The summed E-state index contributed by atoms with van der Waals surface area (Å²) in [5.74, 6) is -0.642. The molecule has 1 aliphatic carbocycles. The van der Waals surface area contributed by atoms with Crippen LogP contribution in [0.25, 0.3) is 0 Å². The number of benzene rings is 1. The molecule has 0 heterocycles. The van der Waals surface area contributed by atoms with Gasteiger partial charge in [-0.3, -0.25) is 0 Å². The quantitative estimate of drug-likeness (QED) is 0.508. The summed E-state index contributed by atoms with van der Waals surface area (Å²) < 4.78 is 28.2. The van der Waals surface area contributed by atoms with Gasteiger partial charge in [0.15, 0.2) is 0 Å². The maximum Gasteiger partial charge on any atom is 0.130 e. The lowest BCUT2D eigenvalue weighted by Crippen LogP contribution is -2.32. The Bertz CT molecular complexity index is 516. The van der Waals surface area contributed by atoms with Crippen molar-refractivity contribution < 1.29 is 13.9 Å². The van der Waals surface area contributed by atoms with Crippen molar-refractivity contribution in [1.29, 1.82) is 0 Å². The molecule has 0 spiro atoms. The molecule has 1 saturated carbocycles. The highest BCUT2D eigenvalue weighted by Gasteiger charge is 2.39. The largest absolute Gasteiger partial charge is 0.513 e. The molecule has 0 radical (unpaired) electrons. The third-order valence-electron chi connectivity index (χ3n) is 4.34. The van der Waals surface area contributed by atoms with Gasteiger partial charge in [0.1, 0.15) is 11.6 Å². The molecule has 1 aromatic carbocycles. The monoisotopic (exact) mass is 308 g/mol. The van der Waals surface area contributed by atoms with Crippen LogP contribution in [-0.2, 0) is 5.41 Å². The lowest BCUT2D eigenvalue weighted by molar-refractivity contribution is 0.317. The molecule has 1 aliphatic rings. The number of hydrogen-bond donors (Lipinski definition) is 1. The van der Waals surface area contributed by atoms with Crippen molar-refractivity contribution in [3.05, 3.63) is 59.4 Å². The van der Waals surface area contributed by atoms with E-state index >= 15 is 0 Å². The second-order valence-electron chi connectivity index (χ2n) is 5.95. The normalized spacial score (nSPS) is 17.4. The van der Waals surface area contributed by atoms with E-state index in [-0.39, 0.29) is 11.3 Å². The Hall–Kier alpha value is -1.64. The minimum atomic E-state index is -0.428. The van der Waals surface area contributed by atoms with Gasteiger partial charge >= 0.3 is 0 Å². The number of rotatable bonds is 2. The van der Waals surface area contributed by atoms with Gasteiger partial charge in [-0.2, -0.15) is 0 Å². The Kier molecular flexibility index (Phi) is 6.79. The maximum atomic E-state index is 14.1. The predicted molar refractivity (Wildman–Crippen MR) is 88.0 cm³/mol. The molecule has 22 heavy (non-hydrogen) atoms. The van der Waals surface area contributed by atoms with Crippen LogP contribution in [0.3, 0.4) is 0 Å². The Morgan fingerprint density at radius 3 is 2.00 bits per heavy atom. The van der Waals surface area contributed by atoms with Crippen LogP contribution in [0, 0.1) is 11.6 Å². The van der Waals surface area contributed by atoms with E-state index in [1.54, 1.807) is 0 Å². The van der Waals surface area contributed by atoms with Crippen LogP contribution in [0.1, 0.15) is 58.4 Å². The molecule has 0 aromatic heterocycles. The van der Waals surface area contributed by atoms with Crippen molar-refractivity contribution in [1.82, 2.24) is 0 Å². The summed E-state index contributed by atoms with van der Waals surface area (Å²) in [6.07, 6.45) is 6.94. The Morgan fingerprint density at radius 2 is 1.59 bits per heavy atom. The Labute approximate surface area is 132 Å². The first kappa shape index (κ1) is 18.4. The molecule has 0 aliphatic heterocycles. The van der Waals surface area contributed by atoms with Crippen LogP contribution in [0.2, 0.25) is 0 Å². The minimum absolute atomic E-state index is 0.167. The third-order valence-corrected chi connectivity index (χ3v) is 4.34. The topological polar surface area (TPSA) is 20.2 Å². The van der Waals surface area contributed by atoms with Crippen LogP contribution in [0.5, 0.6) is 0 Å². The molecular formula is C19H26F2O. The molecule has 1 fully saturated rings. The Morgan fingerprint density at radius 1 is 1.14 bits per heavy atom. The first-order valence-electron chi connectivity index (χ1n) is 7.77. The molecule has 2 rings (SSSR count). The summed E-state index contributed by atoms with van der Waals surface area (Å²) in [6, 6.07) is 4.19.